The molecule has 0 aromatic heterocycles. The lowest BCUT2D eigenvalue weighted by molar-refractivity contribution is 0.208. The van der Waals surface area contributed by atoms with Crippen LogP contribution in [0.5, 0.6) is 0 Å². The van der Waals surface area contributed by atoms with Gasteiger partial charge in [-0.3, -0.25) is 0 Å². The minimum absolute atomic E-state index is 0.112. The van der Waals surface area contributed by atoms with Gasteiger partial charge in [0.25, 0.3) is 0 Å². The Morgan fingerprint density at radius 1 is 1.43 bits per heavy atom. The van der Waals surface area contributed by atoms with Crippen molar-refractivity contribution in [2.75, 3.05) is 6.54 Å². The summed E-state index contributed by atoms with van der Waals surface area (Å²) in [5.41, 5.74) is 2.14. The fraction of sp³-hybridized carbons (Fsp3) is 0.500. The van der Waals surface area contributed by atoms with E-state index in [4.69, 9.17) is 0 Å². The van der Waals surface area contributed by atoms with E-state index in [1.54, 1.807) is 6.07 Å². The monoisotopic (exact) mass is 193 g/mol. The van der Waals surface area contributed by atoms with E-state index in [1.807, 2.05) is 19.1 Å². The Bertz CT molecular complexity index is 357. The number of benzene rings is 1. The van der Waals surface area contributed by atoms with Gasteiger partial charge < -0.3 is 5.32 Å². The summed E-state index contributed by atoms with van der Waals surface area (Å²) in [5.74, 6) is 0.403. The van der Waals surface area contributed by atoms with Crippen LogP contribution in [-0.2, 0) is 0 Å². The summed E-state index contributed by atoms with van der Waals surface area (Å²) in [5, 5.41) is 3.37. The molecule has 2 heteroatoms. The van der Waals surface area contributed by atoms with Gasteiger partial charge in [0, 0.05) is 18.0 Å². The van der Waals surface area contributed by atoms with Crippen LogP contribution in [0.1, 0.15) is 30.9 Å². The molecule has 1 nitrogen and oxygen atoms in total. The van der Waals surface area contributed by atoms with Crippen LogP contribution in [-0.4, -0.2) is 12.1 Å². The molecule has 76 valence electrons. The van der Waals surface area contributed by atoms with Crippen LogP contribution in [0.15, 0.2) is 18.2 Å². The second-order valence-corrected chi connectivity index (χ2v) is 4.66. The van der Waals surface area contributed by atoms with Crippen molar-refractivity contribution in [1.29, 1.82) is 0 Å². The lowest BCUT2D eigenvalue weighted by Gasteiger charge is -2.46. The quantitative estimate of drug-likeness (QED) is 0.723. The van der Waals surface area contributed by atoms with E-state index in [0.717, 1.165) is 12.1 Å². The van der Waals surface area contributed by atoms with Gasteiger partial charge in [0.05, 0.1) is 0 Å². The van der Waals surface area contributed by atoms with E-state index < -0.39 is 0 Å². The number of halogens is 1. The van der Waals surface area contributed by atoms with Crippen molar-refractivity contribution >= 4 is 0 Å². The molecule has 1 aromatic rings. The molecular weight excluding hydrogens is 177 g/mol. The fourth-order valence-corrected chi connectivity index (χ4v) is 2.03. The van der Waals surface area contributed by atoms with Gasteiger partial charge in [0.15, 0.2) is 0 Å². The van der Waals surface area contributed by atoms with Crippen molar-refractivity contribution in [2.24, 2.45) is 0 Å². The first-order chi connectivity index (χ1) is 6.50. The zero-order chi connectivity index (χ0) is 10.3. The first kappa shape index (κ1) is 9.66. The van der Waals surface area contributed by atoms with Crippen molar-refractivity contribution in [3.63, 3.8) is 0 Å². The summed E-state index contributed by atoms with van der Waals surface area (Å²) in [4.78, 5) is 0. The smallest absolute Gasteiger partial charge is 0.126 e. The topological polar surface area (TPSA) is 12.0 Å². The maximum absolute atomic E-state index is 13.1. The second-order valence-electron chi connectivity index (χ2n) is 4.66. The molecule has 0 saturated carbocycles. The van der Waals surface area contributed by atoms with Crippen LogP contribution in [0.4, 0.5) is 4.39 Å². The van der Waals surface area contributed by atoms with Crippen molar-refractivity contribution < 1.29 is 4.39 Å². The summed E-state index contributed by atoms with van der Waals surface area (Å²) in [6, 6.07) is 5.43. The molecule has 0 radical (unpaired) electrons. The first-order valence-electron chi connectivity index (χ1n) is 5.02. The largest absolute Gasteiger partial charge is 0.310 e. The van der Waals surface area contributed by atoms with Gasteiger partial charge in [-0.25, -0.2) is 4.39 Å². The summed E-state index contributed by atoms with van der Waals surface area (Å²) in [7, 11) is 0. The summed E-state index contributed by atoms with van der Waals surface area (Å²) in [6.07, 6.45) is 0. The third-order valence-electron chi connectivity index (χ3n) is 3.22. The Morgan fingerprint density at radius 2 is 2.14 bits per heavy atom. The molecule has 0 spiro atoms. The maximum atomic E-state index is 13.1. The number of aryl methyl sites for hydroxylation is 1. The maximum Gasteiger partial charge on any atom is 0.126 e. The Labute approximate surface area is 84.3 Å². The van der Waals surface area contributed by atoms with Gasteiger partial charge in [0.2, 0.25) is 0 Å². The predicted octanol–water partition coefficient (Wildman–Crippen LogP) is 2.60. The number of hydrogen-bond acceptors (Lipinski definition) is 1. The minimum Gasteiger partial charge on any atom is -0.310 e. The highest BCUT2D eigenvalue weighted by Crippen LogP contribution is 2.35. The summed E-state index contributed by atoms with van der Waals surface area (Å²) >= 11 is 0. The Kier molecular flexibility index (Phi) is 2.11. The molecule has 1 unspecified atom stereocenters. The summed E-state index contributed by atoms with van der Waals surface area (Å²) in [6.45, 7) is 7.18. The zero-order valence-corrected chi connectivity index (χ0v) is 8.89. The average molecular weight is 193 g/mol. The highest BCUT2D eigenvalue weighted by molar-refractivity contribution is 5.31. The molecule has 1 aliphatic rings. The van der Waals surface area contributed by atoms with E-state index in [1.165, 1.54) is 5.56 Å². The molecule has 2 rings (SSSR count). The first-order valence-corrected chi connectivity index (χ1v) is 5.02. The van der Waals surface area contributed by atoms with Crippen molar-refractivity contribution in [3.8, 4) is 0 Å². The molecule has 1 fully saturated rings. The molecule has 1 heterocycles. The van der Waals surface area contributed by atoms with E-state index in [2.05, 4.69) is 19.2 Å². The van der Waals surface area contributed by atoms with Crippen LogP contribution < -0.4 is 5.32 Å². The number of hydrogen-bond donors (Lipinski definition) is 1. The van der Waals surface area contributed by atoms with Crippen molar-refractivity contribution in [3.05, 3.63) is 35.1 Å². The second kappa shape index (κ2) is 3.06. The van der Waals surface area contributed by atoms with Crippen molar-refractivity contribution in [2.45, 2.75) is 32.2 Å². The predicted molar refractivity (Wildman–Crippen MR) is 56.0 cm³/mol. The minimum atomic E-state index is -0.112. The Balaban J connectivity index is 2.30. The Morgan fingerprint density at radius 3 is 2.57 bits per heavy atom. The fourth-order valence-electron chi connectivity index (χ4n) is 2.03. The van der Waals surface area contributed by atoms with Gasteiger partial charge in [-0.05, 0) is 38.0 Å². The van der Waals surface area contributed by atoms with Crippen LogP contribution in [0.25, 0.3) is 0 Å². The molecule has 1 N–H and O–H groups in total. The zero-order valence-electron chi connectivity index (χ0n) is 8.89. The molecule has 0 bridgehead atoms. The molecule has 1 atom stereocenters. The number of rotatable bonds is 1. The summed E-state index contributed by atoms with van der Waals surface area (Å²) < 4.78 is 13.1. The highest BCUT2D eigenvalue weighted by atomic mass is 19.1. The highest BCUT2D eigenvalue weighted by Gasteiger charge is 2.38. The normalized spacial score (nSPS) is 24.4. The lowest BCUT2D eigenvalue weighted by atomic mass is 9.75. The third kappa shape index (κ3) is 1.44. The average Bonchev–Trinajstić information content (AvgIpc) is 2.10. The standard InChI is InChI=1S/C12H16FN/c1-8-6-9(4-5-11(8)13)10-7-14-12(10,2)3/h4-6,10,14H,7H2,1-3H3. The van der Waals surface area contributed by atoms with Gasteiger partial charge in [-0.2, -0.15) is 0 Å². The van der Waals surface area contributed by atoms with Gasteiger partial charge in [0.1, 0.15) is 5.82 Å². The van der Waals surface area contributed by atoms with Gasteiger partial charge in [-0.1, -0.05) is 12.1 Å². The van der Waals surface area contributed by atoms with E-state index >= 15 is 0 Å². The third-order valence-corrected chi connectivity index (χ3v) is 3.22. The molecule has 0 amide bonds. The molecule has 1 saturated heterocycles. The molecular formula is C12H16FN. The van der Waals surface area contributed by atoms with Gasteiger partial charge in [-0.15, -0.1) is 0 Å². The Hall–Kier alpha value is -0.890. The van der Waals surface area contributed by atoms with Gasteiger partial charge >= 0.3 is 0 Å². The van der Waals surface area contributed by atoms with E-state index in [-0.39, 0.29) is 11.4 Å². The van der Waals surface area contributed by atoms with E-state index in [0.29, 0.717) is 5.92 Å². The molecule has 0 aliphatic carbocycles. The molecule has 14 heavy (non-hydrogen) atoms. The number of nitrogens with one attached hydrogen (secondary N) is 1. The molecule has 1 aliphatic heterocycles. The van der Waals surface area contributed by atoms with Crippen molar-refractivity contribution in [1.82, 2.24) is 5.32 Å². The van der Waals surface area contributed by atoms with E-state index in [9.17, 15) is 4.39 Å². The molecule has 1 aromatic carbocycles. The van der Waals surface area contributed by atoms with Crippen LogP contribution in [0.3, 0.4) is 0 Å². The van der Waals surface area contributed by atoms with Crippen LogP contribution in [0, 0.1) is 12.7 Å². The van der Waals surface area contributed by atoms with Crippen LogP contribution >= 0.6 is 0 Å². The SMILES string of the molecule is Cc1cc(C2CNC2(C)C)ccc1F. The van der Waals surface area contributed by atoms with Crippen LogP contribution in [0.2, 0.25) is 0 Å². The lowest BCUT2D eigenvalue weighted by Crippen LogP contribution is -2.59.